The minimum Gasteiger partial charge on any atom is -0.478 e. The smallest absolute Gasteiger partial charge is 0.335 e. The van der Waals surface area contributed by atoms with E-state index in [1.165, 1.54) is 17.4 Å². The topological polar surface area (TPSA) is 66.4 Å². The van der Waals surface area contributed by atoms with E-state index >= 15 is 0 Å². The van der Waals surface area contributed by atoms with E-state index in [0.717, 1.165) is 9.35 Å². The molecule has 1 heterocycles. The lowest BCUT2D eigenvalue weighted by Crippen LogP contribution is -2.11. The van der Waals surface area contributed by atoms with Gasteiger partial charge >= 0.3 is 5.97 Å². The van der Waals surface area contributed by atoms with Crippen LogP contribution in [0.4, 0.5) is 5.69 Å². The quantitative estimate of drug-likeness (QED) is 0.873. The molecule has 0 aliphatic heterocycles. The number of thiophene rings is 1. The van der Waals surface area contributed by atoms with Crippen LogP contribution in [0.15, 0.2) is 28.1 Å². The van der Waals surface area contributed by atoms with E-state index in [1.54, 1.807) is 19.1 Å². The van der Waals surface area contributed by atoms with Crippen LogP contribution in [0.25, 0.3) is 0 Å². The van der Waals surface area contributed by atoms with Gasteiger partial charge in [-0.05, 0) is 65.2 Å². The zero-order chi connectivity index (χ0) is 14.9. The number of aryl methyl sites for hydroxylation is 2. The molecule has 0 aliphatic carbocycles. The fourth-order valence-electron chi connectivity index (χ4n) is 1.75. The van der Waals surface area contributed by atoms with Crippen molar-refractivity contribution >= 4 is 44.8 Å². The molecule has 4 nitrogen and oxygen atoms in total. The summed E-state index contributed by atoms with van der Waals surface area (Å²) in [6.07, 6.45) is 0. The second kappa shape index (κ2) is 5.76. The molecule has 0 bridgehead atoms. The number of halogens is 1. The van der Waals surface area contributed by atoms with E-state index in [4.69, 9.17) is 5.11 Å². The molecule has 2 aromatic rings. The van der Waals surface area contributed by atoms with Crippen molar-refractivity contribution in [1.82, 2.24) is 0 Å². The Morgan fingerprint density at radius 1 is 1.20 bits per heavy atom. The van der Waals surface area contributed by atoms with Gasteiger partial charge in [-0.15, -0.1) is 11.3 Å². The molecule has 20 heavy (non-hydrogen) atoms. The molecule has 1 amide bonds. The fraction of sp³-hybridized carbons (Fsp3) is 0.143. The fourth-order valence-corrected chi connectivity index (χ4v) is 3.18. The minimum atomic E-state index is -0.974. The first kappa shape index (κ1) is 14.7. The largest absolute Gasteiger partial charge is 0.478 e. The Bertz CT molecular complexity index is 674. The monoisotopic (exact) mass is 353 g/mol. The van der Waals surface area contributed by atoms with Crippen LogP contribution in [-0.4, -0.2) is 17.0 Å². The number of hydrogen-bond donors (Lipinski definition) is 2. The van der Waals surface area contributed by atoms with E-state index < -0.39 is 5.97 Å². The van der Waals surface area contributed by atoms with Crippen LogP contribution in [0.1, 0.15) is 31.2 Å². The van der Waals surface area contributed by atoms with Crippen LogP contribution in [0, 0.1) is 13.8 Å². The summed E-state index contributed by atoms with van der Waals surface area (Å²) in [6.45, 7) is 3.62. The van der Waals surface area contributed by atoms with Gasteiger partial charge in [-0.2, -0.15) is 0 Å². The van der Waals surface area contributed by atoms with E-state index in [9.17, 15) is 9.59 Å². The molecular weight excluding hydrogens is 342 g/mol. The van der Waals surface area contributed by atoms with Gasteiger partial charge in [-0.1, -0.05) is 0 Å². The molecule has 1 aromatic carbocycles. The molecular formula is C14H12BrNO3S. The first-order valence-corrected chi connectivity index (χ1v) is 7.40. The van der Waals surface area contributed by atoms with Crippen molar-refractivity contribution in [2.45, 2.75) is 13.8 Å². The highest BCUT2D eigenvalue weighted by molar-refractivity contribution is 9.11. The van der Waals surface area contributed by atoms with Gasteiger partial charge in [0.1, 0.15) is 0 Å². The molecule has 0 fully saturated rings. The number of aromatic carboxylic acids is 1. The van der Waals surface area contributed by atoms with Crippen molar-refractivity contribution in [3.63, 3.8) is 0 Å². The maximum Gasteiger partial charge on any atom is 0.335 e. The standard InChI is InChI=1S/C14H12BrNO3S/c1-7-5-9(3-4-10(7)14(18)19)16-13(17)11-6-8(2)12(15)20-11/h3-6H,1-2H3,(H,16,17)(H,18,19). The number of nitrogens with one attached hydrogen (secondary N) is 1. The van der Waals surface area contributed by atoms with Crippen LogP contribution in [0.2, 0.25) is 0 Å². The summed E-state index contributed by atoms with van der Waals surface area (Å²) in [5.41, 5.74) is 2.44. The third-order valence-corrected chi connectivity index (χ3v) is 4.93. The summed E-state index contributed by atoms with van der Waals surface area (Å²) in [4.78, 5) is 23.6. The molecule has 0 saturated carbocycles. The SMILES string of the molecule is Cc1cc(NC(=O)c2cc(C)c(Br)s2)ccc1C(=O)O. The molecule has 0 spiro atoms. The number of carbonyl (C=O) groups is 2. The third-order valence-electron chi connectivity index (χ3n) is 2.80. The van der Waals surface area contributed by atoms with E-state index in [1.807, 2.05) is 13.0 Å². The van der Waals surface area contributed by atoms with E-state index in [2.05, 4.69) is 21.2 Å². The number of anilines is 1. The Labute approximate surface area is 128 Å². The van der Waals surface area contributed by atoms with Crippen LogP contribution < -0.4 is 5.32 Å². The predicted molar refractivity (Wildman–Crippen MR) is 82.8 cm³/mol. The highest BCUT2D eigenvalue weighted by Gasteiger charge is 2.13. The van der Waals surface area contributed by atoms with E-state index in [0.29, 0.717) is 16.1 Å². The van der Waals surface area contributed by atoms with Crippen LogP contribution in [0.3, 0.4) is 0 Å². The first-order chi connectivity index (χ1) is 9.38. The Hall–Kier alpha value is -1.66. The number of carboxylic acids is 1. The highest BCUT2D eigenvalue weighted by atomic mass is 79.9. The summed E-state index contributed by atoms with van der Waals surface area (Å²) in [7, 11) is 0. The molecule has 0 radical (unpaired) electrons. The van der Waals surface area contributed by atoms with Gasteiger partial charge in [-0.3, -0.25) is 4.79 Å². The van der Waals surface area contributed by atoms with Gasteiger partial charge < -0.3 is 10.4 Å². The highest BCUT2D eigenvalue weighted by Crippen LogP contribution is 2.28. The van der Waals surface area contributed by atoms with Gasteiger partial charge in [0, 0.05) is 5.69 Å². The third kappa shape index (κ3) is 3.08. The Morgan fingerprint density at radius 2 is 1.90 bits per heavy atom. The number of amides is 1. The van der Waals surface area contributed by atoms with Gasteiger partial charge in [0.2, 0.25) is 0 Å². The lowest BCUT2D eigenvalue weighted by molar-refractivity contribution is 0.0696. The summed E-state index contributed by atoms with van der Waals surface area (Å²) in [5, 5.41) is 11.7. The van der Waals surface area contributed by atoms with Gasteiger partial charge in [-0.25, -0.2) is 4.79 Å². The zero-order valence-corrected chi connectivity index (χ0v) is 13.3. The second-order valence-electron chi connectivity index (χ2n) is 4.36. The number of hydrogen-bond acceptors (Lipinski definition) is 3. The first-order valence-electron chi connectivity index (χ1n) is 5.79. The summed E-state index contributed by atoms with van der Waals surface area (Å²) in [5.74, 6) is -1.18. The van der Waals surface area contributed by atoms with Crippen LogP contribution in [-0.2, 0) is 0 Å². The predicted octanol–water partition coefficient (Wildman–Crippen LogP) is 4.08. The van der Waals surface area contributed by atoms with Crippen molar-refractivity contribution in [3.8, 4) is 0 Å². The van der Waals surface area contributed by atoms with Gasteiger partial charge in [0.15, 0.2) is 0 Å². The molecule has 1 aromatic heterocycles. The molecule has 104 valence electrons. The van der Waals surface area contributed by atoms with Crippen molar-refractivity contribution in [2.24, 2.45) is 0 Å². The maximum absolute atomic E-state index is 12.1. The van der Waals surface area contributed by atoms with Crippen LogP contribution >= 0.6 is 27.3 Å². The average Bonchev–Trinajstić information content (AvgIpc) is 2.69. The van der Waals surface area contributed by atoms with E-state index in [-0.39, 0.29) is 11.5 Å². The zero-order valence-electron chi connectivity index (χ0n) is 10.9. The van der Waals surface area contributed by atoms with Crippen molar-refractivity contribution in [3.05, 3.63) is 49.6 Å². The molecule has 2 N–H and O–H groups in total. The van der Waals surface area contributed by atoms with Crippen LogP contribution in [0.5, 0.6) is 0 Å². The van der Waals surface area contributed by atoms with Crippen molar-refractivity contribution in [1.29, 1.82) is 0 Å². The molecule has 2 rings (SSSR count). The number of carboxylic acid groups (broad SMARTS) is 1. The Balaban J connectivity index is 2.20. The normalized spacial score (nSPS) is 10.3. The lowest BCUT2D eigenvalue weighted by Gasteiger charge is -2.06. The van der Waals surface area contributed by atoms with Gasteiger partial charge in [0.05, 0.1) is 14.2 Å². The second-order valence-corrected chi connectivity index (χ2v) is 6.73. The molecule has 0 atom stereocenters. The Morgan fingerprint density at radius 3 is 2.40 bits per heavy atom. The number of benzene rings is 1. The Kier molecular flexibility index (Phi) is 4.25. The summed E-state index contributed by atoms with van der Waals surface area (Å²) >= 11 is 4.74. The van der Waals surface area contributed by atoms with Gasteiger partial charge in [0.25, 0.3) is 5.91 Å². The molecule has 0 saturated heterocycles. The summed E-state index contributed by atoms with van der Waals surface area (Å²) < 4.78 is 0.931. The molecule has 0 aliphatic rings. The van der Waals surface area contributed by atoms with Crippen molar-refractivity contribution < 1.29 is 14.7 Å². The average molecular weight is 354 g/mol. The maximum atomic E-state index is 12.1. The lowest BCUT2D eigenvalue weighted by atomic mass is 10.1. The molecule has 0 unspecified atom stereocenters. The molecule has 6 heteroatoms. The minimum absolute atomic E-state index is 0.203. The number of rotatable bonds is 3. The number of carbonyl (C=O) groups excluding carboxylic acids is 1. The summed E-state index contributed by atoms with van der Waals surface area (Å²) in [6, 6.07) is 6.53. The van der Waals surface area contributed by atoms with Crippen molar-refractivity contribution in [2.75, 3.05) is 5.32 Å².